The lowest BCUT2D eigenvalue weighted by Crippen LogP contribution is -2.11. The summed E-state index contributed by atoms with van der Waals surface area (Å²) < 4.78 is 7.53. The summed E-state index contributed by atoms with van der Waals surface area (Å²) in [6.45, 7) is 2.09. The molecule has 1 aromatic heterocycles. The Morgan fingerprint density at radius 3 is 2.61 bits per heavy atom. The van der Waals surface area contributed by atoms with Crippen molar-refractivity contribution in [2.24, 2.45) is 7.05 Å². The molecule has 0 atom stereocenters. The Labute approximate surface area is 146 Å². The highest BCUT2D eigenvalue weighted by Crippen LogP contribution is 2.19. The highest BCUT2D eigenvalue weighted by molar-refractivity contribution is 9.10. The van der Waals surface area contributed by atoms with E-state index in [1.54, 1.807) is 30.7 Å². The number of Topliss-reactive ketones (excluding diaryl/α,β-unsaturated/α-hetero) is 1. The van der Waals surface area contributed by atoms with E-state index in [2.05, 4.69) is 26.1 Å². The van der Waals surface area contributed by atoms with E-state index < -0.39 is 0 Å². The maximum absolute atomic E-state index is 12.1. The van der Waals surface area contributed by atoms with Crippen LogP contribution in [0.25, 0.3) is 0 Å². The van der Waals surface area contributed by atoms with Gasteiger partial charge in [0.2, 0.25) is 0 Å². The van der Waals surface area contributed by atoms with E-state index in [1.807, 2.05) is 12.1 Å². The molecule has 0 unspecified atom stereocenters. The van der Waals surface area contributed by atoms with Gasteiger partial charge in [-0.2, -0.15) is 0 Å². The number of rotatable bonds is 7. The molecule has 0 saturated heterocycles. The third-order valence-corrected chi connectivity index (χ3v) is 4.58. The zero-order chi connectivity index (χ0) is 16.8. The highest BCUT2D eigenvalue weighted by atomic mass is 79.9. The number of hydrogen-bond donors (Lipinski definition) is 0. The van der Waals surface area contributed by atoms with Gasteiger partial charge in [0.25, 0.3) is 0 Å². The van der Waals surface area contributed by atoms with Crippen molar-refractivity contribution in [2.45, 2.75) is 18.5 Å². The molecule has 1 heterocycles. The molecule has 0 radical (unpaired) electrons. The average molecular weight is 398 g/mol. The van der Waals surface area contributed by atoms with Crippen LogP contribution in [0, 0.1) is 0 Å². The van der Waals surface area contributed by atoms with Gasteiger partial charge in [-0.3, -0.25) is 9.59 Å². The molecule has 0 saturated carbocycles. The van der Waals surface area contributed by atoms with Crippen molar-refractivity contribution in [1.82, 2.24) is 14.8 Å². The monoisotopic (exact) mass is 397 g/mol. The van der Waals surface area contributed by atoms with Gasteiger partial charge in [-0.25, -0.2) is 0 Å². The first-order valence-corrected chi connectivity index (χ1v) is 8.74. The molecule has 8 heteroatoms. The van der Waals surface area contributed by atoms with Crippen LogP contribution in [0.15, 0.2) is 33.9 Å². The quantitative estimate of drug-likeness (QED) is 0.406. The maximum atomic E-state index is 12.1. The summed E-state index contributed by atoms with van der Waals surface area (Å²) in [6, 6.07) is 7.21. The highest BCUT2D eigenvalue weighted by Gasteiger charge is 2.15. The Morgan fingerprint density at radius 2 is 1.96 bits per heavy atom. The van der Waals surface area contributed by atoms with E-state index in [9.17, 15) is 9.59 Å². The number of benzene rings is 1. The van der Waals surface area contributed by atoms with Crippen LogP contribution >= 0.6 is 27.7 Å². The smallest absolute Gasteiger partial charge is 0.313 e. The first kappa shape index (κ1) is 17.7. The molecule has 2 rings (SSSR count). The minimum absolute atomic E-state index is 0.0115. The fraction of sp³-hybridized carbons (Fsp3) is 0.333. The second-order valence-corrected chi connectivity index (χ2v) is 6.52. The number of aromatic nitrogens is 3. The summed E-state index contributed by atoms with van der Waals surface area (Å²) in [7, 11) is 1.76. The summed E-state index contributed by atoms with van der Waals surface area (Å²) >= 11 is 4.63. The number of carbonyl (C=O) groups is 2. The molecule has 0 aliphatic rings. The van der Waals surface area contributed by atoms with Crippen molar-refractivity contribution in [3.8, 4) is 0 Å². The molecule has 0 fully saturated rings. The molecule has 23 heavy (non-hydrogen) atoms. The number of thioether (sulfide) groups is 1. The van der Waals surface area contributed by atoms with Crippen molar-refractivity contribution in [3.05, 3.63) is 40.1 Å². The molecule has 0 N–H and O–H groups in total. The Hall–Kier alpha value is -1.67. The Balaban J connectivity index is 1.96. The van der Waals surface area contributed by atoms with Gasteiger partial charge in [0.1, 0.15) is 12.2 Å². The van der Waals surface area contributed by atoms with Gasteiger partial charge in [-0.15, -0.1) is 10.2 Å². The second-order valence-electron chi connectivity index (χ2n) is 4.66. The van der Waals surface area contributed by atoms with E-state index in [-0.39, 0.29) is 23.9 Å². The molecule has 0 bridgehead atoms. The van der Waals surface area contributed by atoms with Crippen LogP contribution in [0.2, 0.25) is 0 Å². The summed E-state index contributed by atoms with van der Waals surface area (Å²) in [5, 5.41) is 8.58. The van der Waals surface area contributed by atoms with Gasteiger partial charge >= 0.3 is 5.97 Å². The predicted octanol–water partition coefficient (Wildman–Crippen LogP) is 2.66. The molecular weight excluding hydrogens is 382 g/mol. The van der Waals surface area contributed by atoms with E-state index in [0.29, 0.717) is 23.2 Å². The molecule has 122 valence electrons. The normalized spacial score (nSPS) is 10.6. The molecule has 1 aromatic carbocycles. The van der Waals surface area contributed by atoms with Crippen molar-refractivity contribution in [2.75, 3.05) is 12.4 Å². The zero-order valence-electron chi connectivity index (χ0n) is 12.8. The van der Waals surface area contributed by atoms with E-state index in [4.69, 9.17) is 4.74 Å². The lowest BCUT2D eigenvalue weighted by Gasteiger charge is -2.04. The Kier molecular flexibility index (Phi) is 6.35. The predicted molar refractivity (Wildman–Crippen MR) is 90.5 cm³/mol. The molecule has 6 nitrogen and oxygen atoms in total. The van der Waals surface area contributed by atoms with Crippen LogP contribution in [-0.2, 0) is 23.0 Å². The Morgan fingerprint density at radius 1 is 1.26 bits per heavy atom. The Bertz CT molecular complexity index is 700. The first-order valence-electron chi connectivity index (χ1n) is 6.96. The van der Waals surface area contributed by atoms with Crippen LogP contribution in [0.1, 0.15) is 23.1 Å². The van der Waals surface area contributed by atoms with E-state index >= 15 is 0 Å². The molecule has 0 aliphatic carbocycles. The maximum Gasteiger partial charge on any atom is 0.313 e. The van der Waals surface area contributed by atoms with Gasteiger partial charge in [-0.05, 0) is 19.1 Å². The number of carbonyl (C=O) groups excluding carboxylic acids is 2. The van der Waals surface area contributed by atoms with Crippen LogP contribution < -0.4 is 0 Å². The van der Waals surface area contributed by atoms with Crippen molar-refractivity contribution >= 4 is 39.4 Å². The van der Waals surface area contributed by atoms with Crippen molar-refractivity contribution in [1.29, 1.82) is 0 Å². The van der Waals surface area contributed by atoms with Crippen LogP contribution in [0.4, 0.5) is 0 Å². The summed E-state index contributed by atoms with van der Waals surface area (Å²) in [5.41, 5.74) is 0.648. The fourth-order valence-electron chi connectivity index (χ4n) is 1.82. The van der Waals surface area contributed by atoms with Crippen LogP contribution in [0.5, 0.6) is 0 Å². The molecule has 0 spiro atoms. The van der Waals surface area contributed by atoms with Gasteiger partial charge in [0.05, 0.1) is 12.4 Å². The van der Waals surface area contributed by atoms with Gasteiger partial charge in [0, 0.05) is 17.1 Å². The zero-order valence-corrected chi connectivity index (χ0v) is 15.2. The van der Waals surface area contributed by atoms with Crippen molar-refractivity contribution < 1.29 is 14.3 Å². The fourth-order valence-corrected chi connectivity index (χ4v) is 2.90. The third kappa shape index (κ3) is 4.90. The van der Waals surface area contributed by atoms with E-state index in [1.165, 1.54) is 11.8 Å². The third-order valence-electron chi connectivity index (χ3n) is 3.03. The number of esters is 1. The molecule has 0 amide bonds. The standard InChI is InChI=1S/C15H16BrN3O3S/c1-3-22-14(21)8-13-17-18-15(19(13)2)23-9-12(20)10-4-6-11(16)7-5-10/h4-7H,3,8-9H2,1-2H3. The number of nitrogens with zero attached hydrogens (tertiary/aromatic N) is 3. The number of halogens is 1. The second kappa shape index (κ2) is 8.26. The lowest BCUT2D eigenvalue weighted by atomic mass is 10.2. The van der Waals surface area contributed by atoms with Gasteiger partial charge in [0.15, 0.2) is 10.9 Å². The molecule has 2 aromatic rings. The first-order chi connectivity index (χ1) is 11.0. The number of ether oxygens (including phenoxy) is 1. The van der Waals surface area contributed by atoms with Crippen molar-refractivity contribution in [3.63, 3.8) is 0 Å². The SMILES string of the molecule is CCOC(=O)Cc1nnc(SCC(=O)c2ccc(Br)cc2)n1C. The summed E-state index contributed by atoms with van der Waals surface area (Å²) in [6.07, 6.45) is 0.0680. The topological polar surface area (TPSA) is 74.1 Å². The minimum Gasteiger partial charge on any atom is -0.466 e. The van der Waals surface area contributed by atoms with E-state index in [0.717, 1.165) is 4.47 Å². The van der Waals surface area contributed by atoms with Gasteiger partial charge < -0.3 is 9.30 Å². The molecular formula is C15H16BrN3O3S. The lowest BCUT2D eigenvalue weighted by molar-refractivity contribution is -0.142. The summed E-state index contributed by atoms with van der Waals surface area (Å²) in [4.78, 5) is 23.6. The number of hydrogen-bond acceptors (Lipinski definition) is 6. The average Bonchev–Trinajstić information content (AvgIpc) is 2.86. The minimum atomic E-state index is -0.342. The van der Waals surface area contributed by atoms with Crippen LogP contribution in [-0.4, -0.2) is 38.9 Å². The van der Waals surface area contributed by atoms with Crippen LogP contribution in [0.3, 0.4) is 0 Å². The largest absolute Gasteiger partial charge is 0.466 e. The molecule has 0 aliphatic heterocycles. The number of ketones is 1. The van der Waals surface area contributed by atoms with Gasteiger partial charge in [-0.1, -0.05) is 39.8 Å². The summed E-state index contributed by atoms with van der Waals surface area (Å²) in [5.74, 6) is 0.442.